The molecule has 5 heteroatoms. The summed E-state index contributed by atoms with van der Waals surface area (Å²) in [6.07, 6.45) is 0.388. The molecule has 15 heavy (non-hydrogen) atoms. The molecule has 1 unspecified atom stereocenters. The van der Waals surface area contributed by atoms with Crippen molar-refractivity contribution in [2.45, 2.75) is 19.4 Å². The van der Waals surface area contributed by atoms with Gasteiger partial charge in [-0.15, -0.1) is 0 Å². The van der Waals surface area contributed by atoms with Crippen LogP contribution in [-0.2, 0) is 22.1 Å². The largest absolute Gasteiger partial charge is 0.298 e. The Bertz CT molecular complexity index is 392. The van der Waals surface area contributed by atoms with Crippen molar-refractivity contribution in [3.8, 4) is 0 Å². The number of nitrogens with one attached hydrogen (secondary N) is 1. The van der Waals surface area contributed by atoms with Crippen molar-refractivity contribution >= 4 is 16.7 Å². The molecule has 0 saturated heterocycles. The summed E-state index contributed by atoms with van der Waals surface area (Å²) in [6, 6.07) is 8.63. The Morgan fingerprint density at radius 3 is 2.40 bits per heavy atom. The van der Waals surface area contributed by atoms with Crippen LogP contribution in [0.1, 0.15) is 12.5 Å². The van der Waals surface area contributed by atoms with Crippen LogP contribution in [0.2, 0.25) is 0 Å². The maximum Gasteiger partial charge on any atom is 0.202 e. The van der Waals surface area contributed by atoms with Gasteiger partial charge in [0.15, 0.2) is 0 Å². The van der Waals surface area contributed by atoms with E-state index in [9.17, 15) is 13.2 Å². The van der Waals surface area contributed by atoms with Crippen molar-refractivity contribution in [3.63, 3.8) is 0 Å². The molecule has 0 saturated carbocycles. The van der Waals surface area contributed by atoms with Crippen LogP contribution < -0.4 is 4.72 Å². The number of hydrogen-bond donors (Lipinski definition) is 2. The smallest absolute Gasteiger partial charge is 0.202 e. The monoisotopic (exact) mass is 227 g/mol. The minimum Gasteiger partial charge on any atom is -0.298 e. The maximum atomic E-state index is 11.2. The molecule has 0 aliphatic rings. The number of Topliss-reactive ketones (excluding diaryl/α,β-unsaturated/α-hetero) is 1. The van der Waals surface area contributed by atoms with Gasteiger partial charge in [0.1, 0.15) is 5.78 Å². The van der Waals surface area contributed by atoms with Crippen LogP contribution in [0.3, 0.4) is 0 Å². The Morgan fingerprint density at radius 1 is 1.33 bits per heavy atom. The molecule has 1 atom stereocenters. The number of rotatable bonds is 5. The van der Waals surface area contributed by atoms with Crippen molar-refractivity contribution < 1.29 is 13.2 Å². The fourth-order valence-electron chi connectivity index (χ4n) is 1.26. The molecule has 0 heterocycles. The zero-order chi connectivity index (χ0) is 11.3. The highest BCUT2D eigenvalue weighted by Crippen LogP contribution is 2.03. The van der Waals surface area contributed by atoms with Gasteiger partial charge in [0.25, 0.3) is 0 Å². The molecule has 0 amide bonds. The molecule has 82 valence electrons. The number of carbonyl (C=O) groups excluding carboxylic acids is 1. The predicted molar refractivity (Wildman–Crippen MR) is 58.1 cm³/mol. The van der Waals surface area contributed by atoms with E-state index in [1.165, 1.54) is 6.92 Å². The molecule has 1 N–H and O–H groups in total. The topological polar surface area (TPSA) is 63.2 Å². The number of ketones is 1. The molecule has 0 radical (unpaired) electrons. The van der Waals surface area contributed by atoms with Crippen LogP contribution in [-0.4, -0.2) is 20.2 Å². The van der Waals surface area contributed by atoms with Crippen LogP contribution in [0, 0.1) is 0 Å². The third kappa shape index (κ3) is 4.22. The molecule has 0 spiro atoms. The number of hydrogen-bond acceptors (Lipinski definition) is 3. The molecule has 0 aliphatic heterocycles. The third-order valence-corrected chi connectivity index (χ3v) is 2.56. The van der Waals surface area contributed by atoms with E-state index in [4.69, 9.17) is 0 Å². The Kier molecular flexibility index (Phi) is 4.45. The number of thiol groups is 1. The van der Waals surface area contributed by atoms with Crippen molar-refractivity contribution in [1.29, 1.82) is 0 Å². The number of carbonyl (C=O) groups is 1. The van der Waals surface area contributed by atoms with Gasteiger partial charge in [-0.05, 0) is 18.9 Å². The molecule has 0 bridgehead atoms. The molecular weight excluding hydrogens is 214 g/mol. The van der Waals surface area contributed by atoms with Gasteiger partial charge >= 0.3 is 0 Å². The lowest BCUT2D eigenvalue weighted by Gasteiger charge is -2.11. The van der Waals surface area contributed by atoms with Gasteiger partial charge in [0.05, 0.1) is 6.04 Å². The minimum atomic E-state index is -2.74. The lowest BCUT2D eigenvalue weighted by molar-refractivity contribution is -0.118. The summed E-state index contributed by atoms with van der Waals surface area (Å²) in [6.45, 7) is 1.37. The molecule has 0 aromatic heterocycles. The second-order valence-corrected chi connectivity index (χ2v) is 4.01. The van der Waals surface area contributed by atoms with Crippen molar-refractivity contribution in [1.82, 2.24) is 4.72 Å². The van der Waals surface area contributed by atoms with E-state index in [0.29, 0.717) is 6.42 Å². The first-order chi connectivity index (χ1) is 7.09. The first kappa shape index (κ1) is 11.9. The van der Waals surface area contributed by atoms with Gasteiger partial charge < -0.3 is 0 Å². The average molecular weight is 227 g/mol. The highest BCUT2D eigenvalue weighted by molar-refractivity contribution is 7.70. The molecule has 1 rings (SSSR count). The molecule has 4 nitrogen and oxygen atoms in total. The van der Waals surface area contributed by atoms with E-state index in [1.807, 2.05) is 30.3 Å². The van der Waals surface area contributed by atoms with Gasteiger partial charge in [-0.25, -0.2) is 13.1 Å². The van der Waals surface area contributed by atoms with E-state index in [2.05, 4.69) is 4.72 Å². The molecule has 1 aromatic rings. The fourth-order valence-corrected chi connectivity index (χ4v) is 1.78. The summed E-state index contributed by atoms with van der Waals surface area (Å²) in [5, 5.41) is 0. The van der Waals surface area contributed by atoms with Crippen molar-refractivity contribution in [2.24, 2.45) is 0 Å². The first-order valence-corrected chi connectivity index (χ1v) is 5.72. The summed E-state index contributed by atoms with van der Waals surface area (Å²) in [7, 11) is -2.74. The van der Waals surface area contributed by atoms with E-state index in [0.717, 1.165) is 5.56 Å². The second-order valence-electron chi connectivity index (χ2n) is 3.24. The zero-order valence-corrected chi connectivity index (χ0v) is 9.24. The maximum absolute atomic E-state index is 11.2. The highest BCUT2D eigenvalue weighted by atomic mass is 32.2. The minimum absolute atomic E-state index is 0.182. The Morgan fingerprint density at radius 2 is 1.93 bits per heavy atom. The average Bonchev–Trinajstić information content (AvgIpc) is 2.17. The fraction of sp³-hybridized carbons (Fsp3) is 0.300. The Balaban J connectivity index is 2.71. The highest BCUT2D eigenvalue weighted by Gasteiger charge is 2.14. The van der Waals surface area contributed by atoms with Crippen molar-refractivity contribution in [3.05, 3.63) is 35.9 Å². The molecule has 1 aromatic carbocycles. The lowest BCUT2D eigenvalue weighted by Crippen LogP contribution is -2.36. The van der Waals surface area contributed by atoms with Crippen LogP contribution in [0.15, 0.2) is 30.3 Å². The standard InChI is InChI=1S/C10H13NO3S/c1-8(12)10(11-15(13)14)7-9-5-3-2-4-6-9/h2-6,10,15H,7H2,1H3,(H,11,13,14). The Labute approximate surface area is 90.4 Å². The second kappa shape index (κ2) is 5.63. The summed E-state index contributed by atoms with van der Waals surface area (Å²) < 4.78 is 23.2. The molecule has 0 fully saturated rings. The normalized spacial score (nSPS) is 12.7. The summed E-state index contributed by atoms with van der Waals surface area (Å²) in [5.41, 5.74) is 0.932. The molecule has 0 aliphatic carbocycles. The number of benzene rings is 1. The van der Waals surface area contributed by atoms with Crippen LogP contribution >= 0.6 is 0 Å². The van der Waals surface area contributed by atoms with Crippen LogP contribution in [0.5, 0.6) is 0 Å². The van der Waals surface area contributed by atoms with E-state index in [1.54, 1.807) is 0 Å². The summed E-state index contributed by atoms with van der Waals surface area (Å²) >= 11 is 0. The first-order valence-electron chi connectivity index (χ1n) is 4.54. The van der Waals surface area contributed by atoms with Gasteiger partial charge in [-0.1, -0.05) is 30.3 Å². The van der Waals surface area contributed by atoms with E-state index >= 15 is 0 Å². The van der Waals surface area contributed by atoms with Crippen LogP contribution in [0.25, 0.3) is 0 Å². The predicted octanol–water partition coefficient (Wildman–Crippen LogP) is 0.303. The SMILES string of the molecule is CC(=O)C(Cc1ccccc1)N[SH](=O)=O. The Hall–Kier alpha value is -1.20. The van der Waals surface area contributed by atoms with Gasteiger partial charge in [-0.3, -0.25) is 4.79 Å². The quantitative estimate of drug-likeness (QED) is 0.711. The van der Waals surface area contributed by atoms with Crippen LogP contribution in [0.4, 0.5) is 0 Å². The van der Waals surface area contributed by atoms with E-state index < -0.39 is 16.9 Å². The zero-order valence-electron chi connectivity index (χ0n) is 8.34. The molecular formula is C10H13NO3S. The summed E-state index contributed by atoms with van der Waals surface area (Å²) in [4.78, 5) is 11.2. The van der Waals surface area contributed by atoms with Gasteiger partial charge in [0.2, 0.25) is 10.9 Å². The summed E-state index contributed by atoms with van der Waals surface area (Å²) in [5.74, 6) is -0.182. The van der Waals surface area contributed by atoms with Gasteiger partial charge in [0, 0.05) is 0 Å². The lowest BCUT2D eigenvalue weighted by atomic mass is 10.0. The van der Waals surface area contributed by atoms with E-state index in [-0.39, 0.29) is 5.78 Å². The van der Waals surface area contributed by atoms with Gasteiger partial charge in [-0.2, -0.15) is 0 Å². The third-order valence-electron chi connectivity index (χ3n) is 2.03. The van der Waals surface area contributed by atoms with Crippen molar-refractivity contribution in [2.75, 3.05) is 0 Å².